The van der Waals surface area contributed by atoms with Crippen LogP contribution >= 0.6 is 0 Å². The third-order valence-corrected chi connectivity index (χ3v) is 5.20. The SMILES string of the molecule is Cc1cnn(CCCNC(=O)CCc2c(-c3ccc(F)cc3)[nH]c3ccccc23)c1. The van der Waals surface area contributed by atoms with Crippen LogP contribution in [0.1, 0.15) is 24.0 Å². The van der Waals surface area contributed by atoms with E-state index in [9.17, 15) is 9.18 Å². The van der Waals surface area contributed by atoms with E-state index in [1.165, 1.54) is 12.1 Å². The molecular weight excluding hydrogens is 379 g/mol. The third-order valence-electron chi connectivity index (χ3n) is 5.20. The lowest BCUT2D eigenvalue weighted by molar-refractivity contribution is -0.121. The van der Waals surface area contributed by atoms with E-state index in [4.69, 9.17) is 0 Å². The molecule has 0 saturated carbocycles. The van der Waals surface area contributed by atoms with Gasteiger partial charge in [0.2, 0.25) is 5.91 Å². The van der Waals surface area contributed by atoms with Gasteiger partial charge in [-0.05, 0) is 66.8 Å². The van der Waals surface area contributed by atoms with Crippen LogP contribution in [0, 0.1) is 12.7 Å². The monoisotopic (exact) mass is 404 g/mol. The van der Waals surface area contributed by atoms with Crippen LogP contribution in [-0.4, -0.2) is 27.2 Å². The average Bonchev–Trinajstić information content (AvgIpc) is 3.33. The molecule has 154 valence electrons. The number of carbonyl (C=O) groups is 1. The summed E-state index contributed by atoms with van der Waals surface area (Å²) in [6.45, 7) is 3.41. The Kier molecular flexibility index (Phi) is 5.93. The number of aryl methyl sites for hydroxylation is 3. The van der Waals surface area contributed by atoms with Gasteiger partial charge < -0.3 is 10.3 Å². The van der Waals surface area contributed by atoms with Crippen LogP contribution in [0.15, 0.2) is 60.9 Å². The summed E-state index contributed by atoms with van der Waals surface area (Å²) < 4.78 is 15.2. The Labute approximate surface area is 174 Å². The van der Waals surface area contributed by atoms with E-state index in [2.05, 4.69) is 21.5 Å². The van der Waals surface area contributed by atoms with Crippen LogP contribution in [0.3, 0.4) is 0 Å². The van der Waals surface area contributed by atoms with Gasteiger partial charge in [-0.1, -0.05) is 18.2 Å². The fourth-order valence-electron chi connectivity index (χ4n) is 3.71. The number of hydrogen-bond acceptors (Lipinski definition) is 2. The molecule has 0 saturated heterocycles. The Morgan fingerprint density at radius 1 is 1.17 bits per heavy atom. The first kappa shape index (κ1) is 19.9. The zero-order chi connectivity index (χ0) is 20.9. The number of nitrogens with zero attached hydrogens (tertiary/aromatic N) is 2. The third kappa shape index (κ3) is 4.59. The number of nitrogens with one attached hydrogen (secondary N) is 2. The van der Waals surface area contributed by atoms with Crippen LogP contribution in [0.5, 0.6) is 0 Å². The van der Waals surface area contributed by atoms with Crippen molar-refractivity contribution in [3.63, 3.8) is 0 Å². The van der Waals surface area contributed by atoms with Gasteiger partial charge in [-0.3, -0.25) is 9.48 Å². The molecule has 0 aliphatic rings. The molecule has 0 bridgehead atoms. The summed E-state index contributed by atoms with van der Waals surface area (Å²) in [5.74, 6) is -0.233. The smallest absolute Gasteiger partial charge is 0.220 e. The number of halogens is 1. The van der Waals surface area contributed by atoms with Gasteiger partial charge in [0, 0.05) is 42.3 Å². The molecule has 1 amide bonds. The second-order valence-electron chi connectivity index (χ2n) is 7.52. The molecule has 0 unspecified atom stereocenters. The molecule has 0 radical (unpaired) electrons. The zero-order valence-electron chi connectivity index (χ0n) is 17.0. The number of para-hydroxylation sites is 1. The molecule has 2 N–H and O–H groups in total. The minimum Gasteiger partial charge on any atom is -0.356 e. The molecule has 0 aliphatic heterocycles. The normalized spacial score (nSPS) is 11.1. The highest BCUT2D eigenvalue weighted by molar-refractivity contribution is 5.91. The second kappa shape index (κ2) is 8.95. The topological polar surface area (TPSA) is 62.7 Å². The number of carbonyl (C=O) groups excluding carboxylic acids is 1. The van der Waals surface area contributed by atoms with Crippen molar-refractivity contribution >= 4 is 16.8 Å². The van der Waals surface area contributed by atoms with Crippen molar-refractivity contribution in [1.82, 2.24) is 20.1 Å². The minimum absolute atomic E-state index is 0.0296. The molecule has 6 heteroatoms. The van der Waals surface area contributed by atoms with E-state index in [-0.39, 0.29) is 11.7 Å². The van der Waals surface area contributed by atoms with Gasteiger partial charge >= 0.3 is 0 Å². The van der Waals surface area contributed by atoms with Gasteiger partial charge in [-0.15, -0.1) is 0 Å². The Bertz CT molecular complexity index is 1140. The largest absolute Gasteiger partial charge is 0.356 e. The standard InChI is InChI=1S/C24H25FN4O/c1-17-15-27-29(16-17)14-4-13-26-23(30)12-11-21-20-5-2-3-6-22(20)28-24(21)18-7-9-19(25)10-8-18/h2-3,5-10,15-16,28H,4,11-14H2,1H3,(H,26,30). The summed E-state index contributed by atoms with van der Waals surface area (Å²) in [6, 6.07) is 14.5. The maximum absolute atomic E-state index is 13.3. The highest BCUT2D eigenvalue weighted by atomic mass is 19.1. The number of rotatable bonds is 8. The van der Waals surface area contributed by atoms with E-state index in [0.717, 1.165) is 46.3 Å². The molecule has 0 atom stereocenters. The molecule has 2 aromatic carbocycles. The van der Waals surface area contributed by atoms with Crippen molar-refractivity contribution < 1.29 is 9.18 Å². The molecule has 5 nitrogen and oxygen atoms in total. The number of benzene rings is 2. The lowest BCUT2D eigenvalue weighted by Crippen LogP contribution is -2.25. The second-order valence-corrected chi connectivity index (χ2v) is 7.52. The van der Waals surface area contributed by atoms with Gasteiger partial charge in [-0.2, -0.15) is 5.10 Å². The van der Waals surface area contributed by atoms with Gasteiger partial charge in [0.05, 0.1) is 6.20 Å². The van der Waals surface area contributed by atoms with E-state index < -0.39 is 0 Å². The molecule has 0 fully saturated rings. The highest BCUT2D eigenvalue weighted by Gasteiger charge is 2.14. The first-order chi connectivity index (χ1) is 14.6. The first-order valence-corrected chi connectivity index (χ1v) is 10.2. The van der Waals surface area contributed by atoms with Crippen molar-refractivity contribution in [1.29, 1.82) is 0 Å². The molecule has 0 spiro atoms. The van der Waals surface area contributed by atoms with E-state index in [0.29, 0.717) is 19.4 Å². The summed E-state index contributed by atoms with van der Waals surface area (Å²) >= 11 is 0. The number of aromatic amines is 1. The maximum atomic E-state index is 13.3. The molecule has 4 rings (SSSR count). The van der Waals surface area contributed by atoms with Gasteiger partial charge in [0.25, 0.3) is 0 Å². The van der Waals surface area contributed by atoms with E-state index in [1.807, 2.05) is 42.2 Å². The molecular formula is C24H25FN4O. The van der Waals surface area contributed by atoms with Gasteiger partial charge in [-0.25, -0.2) is 4.39 Å². The molecule has 30 heavy (non-hydrogen) atoms. The summed E-state index contributed by atoms with van der Waals surface area (Å²) in [6.07, 6.45) is 5.67. The lowest BCUT2D eigenvalue weighted by Gasteiger charge is -2.08. The Hall–Kier alpha value is -3.41. The summed E-state index contributed by atoms with van der Waals surface area (Å²) in [4.78, 5) is 15.8. The van der Waals surface area contributed by atoms with Gasteiger partial charge in [0.15, 0.2) is 0 Å². The predicted molar refractivity (Wildman–Crippen MR) is 117 cm³/mol. The molecule has 0 aliphatic carbocycles. The summed E-state index contributed by atoms with van der Waals surface area (Å²) in [5.41, 5.74) is 5.09. The maximum Gasteiger partial charge on any atom is 0.220 e. The van der Waals surface area contributed by atoms with Crippen molar-refractivity contribution in [2.24, 2.45) is 0 Å². The average molecular weight is 404 g/mol. The summed E-state index contributed by atoms with van der Waals surface area (Å²) in [5, 5.41) is 8.35. The zero-order valence-corrected chi connectivity index (χ0v) is 17.0. The number of fused-ring (bicyclic) bond motifs is 1. The first-order valence-electron chi connectivity index (χ1n) is 10.2. The van der Waals surface area contributed by atoms with Crippen LogP contribution in [0.25, 0.3) is 22.2 Å². The number of hydrogen-bond donors (Lipinski definition) is 2. The fraction of sp³-hybridized carbons (Fsp3) is 0.250. The Morgan fingerprint density at radius 2 is 1.97 bits per heavy atom. The molecule has 4 aromatic rings. The van der Waals surface area contributed by atoms with Crippen LogP contribution in [0.4, 0.5) is 4.39 Å². The minimum atomic E-state index is -0.263. The Balaban J connectivity index is 1.39. The van der Waals surface area contributed by atoms with Gasteiger partial charge in [0.1, 0.15) is 5.82 Å². The Morgan fingerprint density at radius 3 is 2.73 bits per heavy atom. The quantitative estimate of drug-likeness (QED) is 0.421. The fourth-order valence-corrected chi connectivity index (χ4v) is 3.71. The summed E-state index contributed by atoms with van der Waals surface area (Å²) in [7, 11) is 0. The van der Waals surface area contributed by atoms with E-state index in [1.54, 1.807) is 12.1 Å². The van der Waals surface area contributed by atoms with Crippen molar-refractivity contribution in [2.45, 2.75) is 32.7 Å². The van der Waals surface area contributed by atoms with E-state index >= 15 is 0 Å². The number of amides is 1. The number of aromatic nitrogens is 3. The van der Waals surface area contributed by atoms with Crippen molar-refractivity contribution in [3.05, 3.63) is 77.9 Å². The van der Waals surface area contributed by atoms with Crippen molar-refractivity contribution in [3.8, 4) is 11.3 Å². The lowest BCUT2D eigenvalue weighted by atomic mass is 10.0. The van der Waals surface area contributed by atoms with Crippen LogP contribution in [-0.2, 0) is 17.8 Å². The highest BCUT2D eigenvalue weighted by Crippen LogP contribution is 2.31. The number of H-pyrrole nitrogens is 1. The van der Waals surface area contributed by atoms with Crippen molar-refractivity contribution in [2.75, 3.05) is 6.54 Å². The molecule has 2 heterocycles. The molecule has 2 aromatic heterocycles. The van der Waals surface area contributed by atoms with Crippen LogP contribution < -0.4 is 5.32 Å². The van der Waals surface area contributed by atoms with Crippen LogP contribution in [0.2, 0.25) is 0 Å². The predicted octanol–water partition coefficient (Wildman–Crippen LogP) is 4.62.